The third-order valence-corrected chi connectivity index (χ3v) is 3.32. The predicted molar refractivity (Wildman–Crippen MR) is 62.0 cm³/mol. The molecule has 1 saturated heterocycles. The first-order valence-electron chi connectivity index (χ1n) is 5.70. The van der Waals surface area contributed by atoms with Crippen LogP contribution in [0.3, 0.4) is 0 Å². The van der Waals surface area contributed by atoms with Crippen molar-refractivity contribution >= 4 is 11.0 Å². The van der Waals surface area contributed by atoms with Crippen LogP contribution in [0.5, 0.6) is 0 Å². The number of para-hydroxylation sites is 1. The highest BCUT2D eigenvalue weighted by Gasteiger charge is 2.33. The van der Waals surface area contributed by atoms with Crippen LogP contribution in [0.25, 0.3) is 11.0 Å². The average Bonchev–Trinajstić information content (AvgIpc) is 2.76. The van der Waals surface area contributed by atoms with E-state index in [2.05, 4.69) is 9.97 Å². The topological polar surface area (TPSA) is 63.9 Å². The molecule has 1 fully saturated rings. The molecule has 0 amide bonds. The molecular formula is C12H14FN3O. The van der Waals surface area contributed by atoms with E-state index < -0.39 is 5.54 Å². The zero-order valence-corrected chi connectivity index (χ0v) is 9.37. The molecule has 2 aromatic rings. The normalized spacial score (nSPS) is 19.6. The van der Waals surface area contributed by atoms with Gasteiger partial charge in [0.25, 0.3) is 0 Å². The lowest BCUT2D eigenvalue weighted by Gasteiger charge is -2.31. The average molecular weight is 235 g/mol. The third kappa shape index (κ3) is 1.71. The van der Waals surface area contributed by atoms with Crippen molar-refractivity contribution < 1.29 is 9.13 Å². The number of aromatic amines is 1. The molecule has 0 radical (unpaired) electrons. The Morgan fingerprint density at radius 3 is 2.82 bits per heavy atom. The summed E-state index contributed by atoms with van der Waals surface area (Å²) in [6, 6.07) is 4.87. The number of hydrogen-bond acceptors (Lipinski definition) is 3. The van der Waals surface area contributed by atoms with Crippen molar-refractivity contribution in [2.24, 2.45) is 5.73 Å². The zero-order chi connectivity index (χ0) is 11.9. The Kier molecular flexibility index (Phi) is 2.38. The Morgan fingerprint density at radius 1 is 1.35 bits per heavy atom. The number of H-pyrrole nitrogens is 1. The molecule has 0 spiro atoms. The number of imidazole rings is 1. The molecule has 3 N–H and O–H groups in total. The van der Waals surface area contributed by atoms with Crippen LogP contribution in [-0.2, 0) is 10.3 Å². The summed E-state index contributed by atoms with van der Waals surface area (Å²) in [5, 5.41) is 0. The molecule has 0 aliphatic carbocycles. The Morgan fingerprint density at radius 2 is 2.12 bits per heavy atom. The molecule has 0 atom stereocenters. The maximum Gasteiger partial charge on any atom is 0.151 e. The second-order valence-corrected chi connectivity index (χ2v) is 4.49. The van der Waals surface area contributed by atoms with E-state index in [0.29, 0.717) is 42.9 Å². The van der Waals surface area contributed by atoms with Crippen LogP contribution in [0.1, 0.15) is 18.7 Å². The van der Waals surface area contributed by atoms with E-state index in [-0.39, 0.29) is 5.82 Å². The number of rotatable bonds is 1. The molecule has 1 aromatic carbocycles. The van der Waals surface area contributed by atoms with Gasteiger partial charge >= 0.3 is 0 Å². The van der Waals surface area contributed by atoms with E-state index in [9.17, 15) is 4.39 Å². The van der Waals surface area contributed by atoms with Crippen molar-refractivity contribution in [2.45, 2.75) is 18.4 Å². The first kappa shape index (κ1) is 10.7. The Labute approximate surface area is 98.0 Å². The van der Waals surface area contributed by atoms with E-state index >= 15 is 0 Å². The largest absolute Gasteiger partial charge is 0.381 e. The number of aromatic nitrogens is 2. The van der Waals surface area contributed by atoms with Gasteiger partial charge in [-0.2, -0.15) is 0 Å². The first-order chi connectivity index (χ1) is 8.19. The fourth-order valence-electron chi connectivity index (χ4n) is 2.21. The molecule has 3 rings (SSSR count). The van der Waals surface area contributed by atoms with E-state index in [1.807, 2.05) is 0 Å². The van der Waals surface area contributed by atoms with Crippen LogP contribution in [0.2, 0.25) is 0 Å². The van der Waals surface area contributed by atoms with E-state index in [4.69, 9.17) is 10.5 Å². The second kappa shape index (κ2) is 3.78. The zero-order valence-electron chi connectivity index (χ0n) is 9.37. The van der Waals surface area contributed by atoms with Crippen LogP contribution in [0.15, 0.2) is 18.2 Å². The summed E-state index contributed by atoms with van der Waals surface area (Å²) in [6.45, 7) is 1.24. The summed E-state index contributed by atoms with van der Waals surface area (Å²) in [6.07, 6.45) is 1.41. The van der Waals surface area contributed by atoms with Crippen molar-refractivity contribution in [3.8, 4) is 0 Å². The molecule has 1 aromatic heterocycles. The summed E-state index contributed by atoms with van der Waals surface area (Å²) < 4.78 is 18.8. The number of halogens is 1. The van der Waals surface area contributed by atoms with Gasteiger partial charge in [0.1, 0.15) is 11.3 Å². The maximum atomic E-state index is 13.5. The standard InChI is InChI=1S/C12H14FN3O/c13-8-2-1-3-9-10(8)16-11(15-9)12(14)4-6-17-7-5-12/h1-3H,4-7,14H2,(H,15,16). The lowest BCUT2D eigenvalue weighted by molar-refractivity contribution is 0.0496. The van der Waals surface area contributed by atoms with Gasteiger partial charge in [-0.25, -0.2) is 9.37 Å². The van der Waals surface area contributed by atoms with Crippen LogP contribution >= 0.6 is 0 Å². The summed E-state index contributed by atoms with van der Waals surface area (Å²) in [7, 11) is 0. The lowest BCUT2D eigenvalue weighted by atomic mass is 9.91. The number of nitrogens with one attached hydrogen (secondary N) is 1. The van der Waals surface area contributed by atoms with E-state index in [1.165, 1.54) is 6.07 Å². The minimum Gasteiger partial charge on any atom is -0.381 e. The molecule has 90 valence electrons. The molecule has 2 heterocycles. The molecule has 0 unspecified atom stereocenters. The van der Waals surface area contributed by atoms with Gasteiger partial charge in [-0.3, -0.25) is 0 Å². The molecule has 5 heteroatoms. The highest BCUT2D eigenvalue weighted by Crippen LogP contribution is 2.29. The summed E-state index contributed by atoms with van der Waals surface area (Å²) >= 11 is 0. The number of ether oxygens (including phenoxy) is 1. The van der Waals surface area contributed by atoms with E-state index in [0.717, 1.165) is 0 Å². The van der Waals surface area contributed by atoms with Crippen LogP contribution < -0.4 is 5.73 Å². The van der Waals surface area contributed by atoms with Gasteiger partial charge in [0, 0.05) is 13.2 Å². The van der Waals surface area contributed by atoms with Crippen LogP contribution in [0, 0.1) is 5.82 Å². The Balaban J connectivity index is 2.08. The van der Waals surface area contributed by atoms with Gasteiger partial charge in [-0.1, -0.05) is 6.07 Å². The molecule has 0 bridgehead atoms. The highest BCUT2D eigenvalue weighted by molar-refractivity contribution is 5.75. The smallest absolute Gasteiger partial charge is 0.151 e. The van der Waals surface area contributed by atoms with Gasteiger partial charge < -0.3 is 15.5 Å². The SMILES string of the molecule is NC1(c2nc3c(F)cccc3[nH]2)CCOCC1. The Bertz CT molecular complexity index is 546. The molecular weight excluding hydrogens is 221 g/mol. The first-order valence-corrected chi connectivity index (χ1v) is 5.70. The monoisotopic (exact) mass is 235 g/mol. The van der Waals surface area contributed by atoms with Crippen LogP contribution in [-0.4, -0.2) is 23.2 Å². The minimum absolute atomic E-state index is 0.319. The second-order valence-electron chi connectivity index (χ2n) is 4.49. The molecule has 1 aliphatic heterocycles. The summed E-state index contributed by atoms with van der Waals surface area (Å²) in [5.41, 5.74) is 6.83. The number of fused-ring (bicyclic) bond motifs is 1. The van der Waals surface area contributed by atoms with Crippen molar-refractivity contribution in [1.29, 1.82) is 0 Å². The predicted octanol–water partition coefficient (Wildman–Crippen LogP) is 1.67. The molecule has 17 heavy (non-hydrogen) atoms. The summed E-state index contributed by atoms with van der Waals surface area (Å²) in [5.74, 6) is 0.335. The van der Waals surface area contributed by atoms with E-state index in [1.54, 1.807) is 12.1 Å². The van der Waals surface area contributed by atoms with Gasteiger partial charge in [0.2, 0.25) is 0 Å². The fraction of sp³-hybridized carbons (Fsp3) is 0.417. The van der Waals surface area contributed by atoms with Gasteiger partial charge in [-0.05, 0) is 25.0 Å². The number of hydrogen-bond donors (Lipinski definition) is 2. The molecule has 4 nitrogen and oxygen atoms in total. The van der Waals surface area contributed by atoms with Gasteiger partial charge in [0.15, 0.2) is 5.82 Å². The number of nitrogens with two attached hydrogens (primary N) is 1. The van der Waals surface area contributed by atoms with Gasteiger partial charge in [0.05, 0.1) is 11.1 Å². The highest BCUT2D eigenvalue weighted by atomic mass is 19.1. The number of benzene rings is 1. The molecule has 0 saturated carbocycles. The fourth-order valence-corrected chi connectivity index (χ4v) is 2.21. The molecule has 1 aliphatic rings. The lowest BCUT2D eigenvalue weighted by Crippen LogP contribution is -2.43. The number of nitrogens with zero attached hydrogens (tertiary/aromatic N) is 1. The van der Waals surface area contributed by atoms with Crippen molar-refractivity contribution in [3.63, 3.8) is 0 Å². The third-order valence-electron chi connectivity index (χ3n) is 3.32. The minimum atomic E-state index is -0.524. The Hall–Kier alpha value is -1.46. The van der Waals surface area contributed by atoms with Crippen molar-refractivity contribution in [2.75, 3.05) is 13.2 Å². The van der Waals surface area contributed by atoms with Crippen molar-refractivity contribution in [3.05, 3.63) is 29.8 Å². The maximum absolute atomic E-state index is 13.5. The van der Waals surface area contributed by atoms with Crippen LogP contribution in [0.4, 0.5) is 4.39 Å². The quantitative estimate of drug-likeness (QED) is 0.790. The van der Waals surface area contributed by atoms with Crippen molar-refractivity contribution in [1.82, 2.24) is 9.97 Å². The summed E-state index contributed by atoms with van der Waals surface area (Å²) in [4.78, 5) is 7.41. The van der Waals surface area contributed by atoms with Gasteiger partial charge in [-0.15, -0.1) is 0 Å².